The van der Waals surface area contributed by atoms with E-state index >= 15 is 0 Å². The average molecular weight is 408 g/mol. The summed E-state index contributed by atoms with van der Waals surface area (Å²) in [5, 5.41) is 4.22. The van der Waals surface area contributed by atoms with Crippen molar-refractivity contribution in [2.75, 3.05) is 13.0 Å². The van der Waals surface area contributed by atoms with Crippen LogP contribution in [0.2, 0.25) is 0 Å². The van der Waals surface area contributed by atoms with Crippen molar-refractivity contribution in [3.05, 3.63) is 39.6 Å². The second-order valence-electron chi connectivity index (χ2n) is 6.71. The Morgan fingerprint density at radius 1 is 1.14 bits per heavy atom. The lowest BCUT2D eigenvalue weighted by molar-refractivity contribution is -0.147. The second kappa shape index (κ2) is 7.75. The Hall–Kier alpha value is -2.68. The predicted octanol–water partition coefficient (Wildman–Crippen LogP) is 2.19. The second-order valence-corrected chi connectivity index (χ2v) is 8.66. The summed E-state index contributed by atoms with van der Waals surface area (Å²) < 4.78 is 35.8. The lowest BCUT2D eigenvalue weighted by atomic mass is 9.94. The molecule has 0 radical (unpaired) electrons. The highest BCUT2D eigenvalue weighted by Crippen LogP contribution is 2.31. The van der Waals surface area contributed by atoms with Gasteiger partial charge in [0, 0.05) is 25.8 Å². The molecule has 0 amide bonds. The molecule has 9 heteroatoms. The van der Waals surface area contributed by atoms with Gasteiger partial charge < -0.3 is 9.47 Å². The summed E-state index contributed by atoms with van der Waals surface area (Å²) >= 11 is 0. The molecule has 0 aliphatic carbocycles. The monoisotopic (exact) mass is 408 g/mol. The van der Waals surface area contributed by atoms with Crippen LogP contribution in [0.5, 0.6) is 5.88 Å². The van der Waals surface area contributed by atoms with Crippen molar-refractivity contribution in [2.45, 2.75) is 39.5 Å². The van der Waals surface area contributed by atoms with Gasteiger partial charge in [0.2, 0.25) is 18.5 Å². The summed E-state index contributed by atoms with van der Waals surface area (Å²) in [4.78, 5) is 24.5. The van der Waals surface area contributed by atoms with Gasteiger partial charge in [-0.3, -0.25) is 9.59 Å². The molecule has 0 bridgehead atoms. The minimum absolute atomic E-state index is 0.172. The van der Waals surface area contributed by atoms with E-state index in [1.807, 2.05) is 0 Å². The van der Waals surface area contributed by atoms with Gasteiger partial charge in [0.15, 0.2) is 9.84 Å². The Bertz CT molecular complexity index is 1070. The first kappa shape index (κ1) is 21.6. The molecule has 0 aliphatic rings. The average Bonchev–Trinajstić information content (AvgIpc) is 2.82. The summed E-state index contributed by atoms with van der Waals surface area (Å²) in [6.45, 7) is 7.63. The highest BCUT2D eigenvalue weighted by Gasteiger charge is 2.27. The lowest BCUT2D eigenvalue weighted by Crippen LogP contribution is -2.14. The molecule has 0 N–H and O–H groups in total. The summed E-state index contributed by atoms with van der Waals surface area (Å²) in [5.74, 6) is -0.678. The highest BCUT2D eigenvalue weighted by molar-refractivity contribution is 7.90. The molecule has 0 unspecified atom stereocenters. The van der Waals surface area contributed by atoms with E-state index in [1.165, 1.54) is 11.6 Å². The van der Waals surface area contributed by atoms with Gasteiger partial charge in [-0.1, -0.05) is 0 Å². The molecule has 1 heterocycles. The zero-order valence-electron chi connectivity index (χ0n) is 17.0. The first-order chi connectivity index (χ1) is 12.9. The molecule has 0 fully saturated rings. The molecular formula is C19H24N2O6S. The minimum Gasteiger partial charge on any atom is -0.440 e. The molecule has 1 aromatic carbocycles. The molecule has 1 aromatic heterocycles. The maximum atomic E-state index is 13.3. The molecule has 2 aromatic rings. The molecule has 28 heavy (non-hydrogen) atoms. The number of carbonyl (C=O) groups is 2. The standard InChI is InChI=1S/C19H24N2O6S/c1-10-8-15(11(2)12(3)18(10)28(7,24)25)17(23)16-13(4)20-21(6)19(16)27-9-26-14(5)22/h8H,9H2,1-7H3. The maximum Gasteiger partial charge on any atom is 0.305 e. The molecule has 8 nitrogen and oxygen atoms in total. The van der Waals surface area contributed by atoms with Crippen molar-refractivity contribution in [1.29, 1.82) is 0 Å². The van der Waals surface area contributed by atoms with Crippen LogP contribution in [-0.4, -0.2) is 43.0 Å². The first-order valence-corrected chi connectivity index (χ1v) is 10.4. The van der Waals surface area contributed by atoms with E-state index in [0.29, 0.717) is 27.9 Å². The SMILES string of the molecule is CC(=O)OCOc1c(C(=O)c2cc(C)c(S(C)(=O)=O)c(C)c2C)c(C)nn1C. The van der Waals surface area contributed by atoms with Gasteiger partial charge in [-0.15, -0.1) is 0 Å². The normalized spacial score (nSPS) is 11.4. The van der Waals surface area contributed by atoms with Crippen LogP contribution in [0.4, 0.5) is 0 Å². The van der Waals surface area contributed by atoms with Crippen LogP contribution in [0.15, 0.2) is 11.0 Å². The van der Waals surface area contributed by atoms with Crippen LogP contribution in [0, 0.1) is 27.7 Å². The zero-order chi connectivity index (χ0) is 21.4. The summed E-state index contributed by atoms with van der Waals surface area (Å²) in [5.41, 5.74) is 2.67. The Labute approximate surface area is 164 Å². The molecule has 0 aliphatic heterocycles. The molecule has 2 rings (SSSR count). The fourth-order valence-corrected chi connectivity index (χ4v) is 4.58. The number of esters is 1. The van der Waals surface area contributed by atoms with Gasteiger partial charge in [0.1, 0.15) is 5.56 Å². The third kappa shape index (κ3) is 4.09. The Kier molecular flexibility index (Phi) is 5.98. The van der Waals surface area contributed by atoms with E-state index in [9.17, 15) is 18.0 Å². The largest absolute Gasteiger partial charge is 0.440 e. The van der Waals surface area contributed by atoms with Crippen molar-refractivity contribution < 1.29 is 27.5 Å². The quantitative estimate of drug-likeness (QED) is 0.410. The fraction of sp³-hybridized carbons (Fsp3) is 0.421. The number of hydrogen-bond acceptors (Lipinski definition) is 7. The Morgan fingerprint density at radius 2 is 1.75 bits per heavy atom. The van der Waals surface area contributed by atoms with Crippen LogP contribution >= 0.6 is 0 Å². The number of aryl methyl sites for hydroxylation is 3. The number of ether oxygens (including phenoxy) is 2. The molecule has 0 spiro atoms. The van der Waals surface area contributed by atoms with E-state index in [1.54, 1.807) is 40.8 Å². The van der Waals surface area contributed by atoms with Gasteiger partial charge in [-0.05, 0) is 50.5 Å². The van der Waals surface area contributed by atoms with E-state index in [4.69, 9.17) is 9.47 Å². The number of benzene rings is 1. The summed E-state index contributed by atoms with van der Waals surface area (Å²) in [7, 11) is -1.81. The van der Waals surface area contributed by atoms with Crippen molar-refractivity contribution >= 4 is 21.6 Å². The highest BCUT2D eigenvalue weighted by atomic mass is 32.2. The number of sulfone groups is 1. The molecule has 0 saturated heterocycles. The maximum absolute atomic E-state index is 13.3. The molecule has 0 saturated carbocycles. The van der Waals surface area contributed by atoms with E-state index in [2.05, 4.69) is 5.10 Å². The summed E-state index contributed by atoms with van der Waals surface area (Å²) in [6.07, 6.45) is 1.15. The van der Waals surface area contributed by atoms with Gasteiger partial charge in [-0.25, -0.2) is 13.1 Å². The number of aromatic nitrogens is 2. The zero-order valence-corrected chi connectivity index (χ0v) is 17.9. The Morgan fingerprint density at radius 3 is 2.29 bits per heavy atom. The molecule has 0 atom stereocenters. The van der Waals surface area contributed by atoms with Crippen LogP contribution in [-0.2, 0) is 26.4 Å². The molecular weight excluding hydrogens is 384 g/mol. The smallest absolute Gasteiger partial charge is 0.305 e. The van der Waals surface area contributed by atoms with Gasteiger partial charge in [-0.2, -0.15) is 5.10 Å². The topological polar surface area (TPSA) is 105 Å². The summed E-state index contributed by atoms with van der Waals surface area (Å²) in [6, 6.07) is 1.57. The van der Waals surface area contributed by atoms with Crippen LogP contribution < -0.4 is 4.74 Å². The number of nitrogens with zero attached hydrogens (tertiary/aromatic N) is 2. The number of hydrogen-bond donors (Lipinski definition) is 0. The molecule has 152 valence electrons. The van der Waals surface area contributed by atoms with Crippen molar-refractivity contribution in [2.24, 2.45) is 7.05 Å². The lowest BCUT2D eigenvalue weighted by Gasteiger charge is -2.15. The minimum atomic E-state index is -3.43. The van der Waals surface area contributed by atoms with Crippen molar-refractivity contribution in [3.63, 3.8) is 0 Å². The van der Waals surface area contributed by atoms with Crippen LogP contribution in [0.3, 0.4) is 0 Å². The fourth-order valence-electron chi connectivity index (χ4n) is 3.23. The Balaban J connectivity index is 2.57. The van der Waals surface area contributed by atoms with Crippen molar-refractivity contribution in [1.82, 2.24) is 9.78 Å². The van der Waals surface area contributed by atoms with E-state index < -0.39 is 15.8 Å². The predicted molar refractivity (Wildman–Crippen MR) is 102 cm³/mol. The van der Waals surface area contributed by atoms with E-state index in [0.717, 1.165) is 6.26 Å². The van der Waals surface area contributed by atoms with Crippen molar-refractivity contribution in [3.8, 4) is 5.88 Å². The van der Waals surface area contributed by atoms with E-state index in [-0.39, 0.29) is 28.9 Å². The van der Waals surface area contributed by atoms with Gasteiger partial charge in [0.25, 0.3) is 0 Å². The number of rotatable bonds is 6. The van der Waals surface area contributed by atoms with Gasteiger partial charge >= 0.3 is 5.97 Å². The van der Waals surface area contributed by atoms with Crippen LogP contribution in [0.25, 0.3) is 0 Å². The third-order valence-corrected chi connectivity index (χ3v) is 5.87. The first-order valence-electron chi connectivity index (χ1n) is 8.51. The number of carbonyl (C=O) groups excluding carboxylic acids is 2. The third-order valence-electron chi connectivity index (χ3n) is 4.50. The van der Waals surface area contributed by atoms with Crippen LogP contribution in [0.1, 0.15) is 45.2 Å². The van der Waals surface area contributed by atoms with Gasteiger partial charge in [0.05, 0.1) is 10.6 Å². The number of ketones is 1.